The van der Waals surface area contributed by atoms with Crippen molar-refractivity contribution in [3.63, 3.8) is 0 Å². The summed E-state index contributed by atoms with van der Waals surface area (Å²) in [6.07, 6.45) is 2.87. The van der Waals surface area contributed by atoms with Gasteiger partial charge in [-0.1, -0.05) is 36.4 Å². The summed E-state index contributed by atoms with van der Waals surface area (Å²) in [7, 11) is 3.86. The quantitative estimate of drug-likeness (QED) is 0.481. The van der Waals surface area contributed by atoms with Crippen molar-refractivity contribution < 1.29 is 29.2 Å². The molecule has 0 aliphatic carbocycles. The fraction of sp³-hybridized carbons (Fsp3) is 0.167. The molecule has 2 N–H and O–H groups in total. The van der Waals surface area contributed by atoms with Crippen LogP contribution in [0.25, 0.3) is 6.08 Å². The second-order valence-corrected chi connectivity index (χ2v) is 4.78. The van der Waals surface area contributed by atoms with Gasteiger partial charge >= 0.3 is 0 Å². The maximum Gasteiger partial charge on any atom is 0.211 e. The molecule has 0 atom stereocenters. The zero-order valence-corrected chi connectivity index (χ0v) is 13.6. The van der Waals surface area contributed by atoms with Crippen LogP contribution < -0.4 is 14.2 Å². The lowest BCUT2D eigenvalue weighted by molar-refractivity contribution is 0.104. The lowest BCUT2D eigenvalue weighted by atomic mass is 10.0. The number of aromatic hydroxyl groups is 2. The first-order valence-electron chi connectivity index (χ1n) is 7.06. The minimum absolute atomic E-state index is 0.115. The molecule has 2 rings (SSSR count). The predicted molar refractivity (Wildman–Crippen MR) is 89.2 cm³/mol. The molecule has 0 aromatic heterocycles. The van der Waals surface area contributed by atoms with Crippen LogP contribution in [0.2, 0.25) is 0 Å². The number of hydrogen-bond donors (Lipinski definition) is 2. The van der Waals surface area contributed by atoms with Gasteiger partial charge in [-0.15, -0.1) is 0 Å². The van der Waals surface area contributed by atoms with Crippen LogP contribution in [0.15, 0.2) is 36.4 Å². The van der Waals surface area contributed by atoms with Crippen LogP contribution in [-0.2, 0) is 0 Å². The Balaban J connectivity index is 2.54. The van der Waals surface area contributed by atoms with Crippen LogP contribution in [0.1, 0.15) is 15.9 Å². The second-order valence-electron chi connectivity index (χ2n) is 4.78. The number of rotatable bonds is 6. The molecule has 0 spiro atoms. The van der Waals surface area contributed by atoms with E-state index in [-0.39, 0.29) is 22.8 Å². The molecule has 0 fully saturated rings. The minimum atomic E-state index is -0.551. The summed E-state index contributed by atoms with van der Waals surface area (Å²) in [5.41, 5.74) is 0.605. The van der Waals surface area contributed by atoms with Gasteiger partial charge in [-0.05, 0) is 11.6 Å². The topological polar surface area (TPSA) is 85.2 Å². The number of ether oxygens (including phenoxy) is 3. The molecule has 0 aliphatic heterocycles. The fourth-order valence-corrected chi connectivity index (χ4v) is 2.28. The third kappa shape index (κ3) is 3.12. The van der Waals surface area contributed by atoms with E-state index < -0.39 is 17.3 Å². The molecule has 0 unspecified atom stereocenters. The van der Waals surface area contributed by atoms with Gasteiger partial charge in [-0.2, -0.15) is 0 Å². The summed E-state index contributed by atoms with van der Waals surface area (Å²) < 4.78 is 15.1. The maximum absolute atomic E-state index is 12.5. The van der Waals surface area contributed by atoms with E-state index in [0.717, 1.165) is 5.56 Å². The Morgan fingerprint density at radius 1 is 0.875 bits per heavy atom. The average Bonchev–Trinajstić information content (AvgIpc) is 2.61. The number of hydrogen-bond acceptors (Lipinski definition) is 6. The van der Waals surface area contributed by atoms with Crippen molar-refractivity contribution in [3.8, 4) is 28.7 Å². The van der Waals surface area contributed by atoms with Gasteiger partial charge in [0.25, 0.3) is 0 Å². The molecule has 126 valence electrons. The van der Waals surface area contributed by atoms with E-state index in [9.17, 15) is 15.0 Å². The first-order valence-corrected chi connectivity index (χ1v) is 7.06. The number of carbonyl (C=O) groups is 1. The number of benzene rings is 2. The predicted octanol–water partition coefficient (Wildman–Crippen LogP) is 3.02. The fourth-order valence-electron chi connectivity index (χ4n) is 2.28. The number of methoxy groups -OCH3 is 3. The SMILES string of the molecule is COc1c(O)c(OC)c(C(=O)/C=C\c2ccccc2)c(O)c1OC. The van der Waals surface area contributed by atoms with E-state index in [4.69, 9.17) is 14.2 Å². The summed E-state index contributed by atoms with van der Waals surface area (Å²) in [5, 5.41) is 20.6. The Morgan fingerprint density at radius 3 is 1.96 bits per heavy atom. The van der Waals surface area contributed by atoms with Crippen LogP contribution in [0.5, 0.6) is 28.7 Å². The third-order valence-corrected chi connectivity index (χ3v) is 3.40. The summed E-state index contributed by atoms with van der Waals surface area (Å²) in [4.78, 5) is 12.5. The Kier molecular flexibility index (Phi) is 5.31. The van der Waals surface area contributed by atoms with Crippen molar-refractivity contribution in [2.75, 3.05) is 21.3 Å². The molecule has 2 aromatic rings. The minimum Gasteiger partial charge on any atom is -0.504 e. The molecule has 0 heterocycles. The van der Waals surface area contributed by atoms with E-state index in [0.29, 0.717) is 0 Å². The molecule has 0 bridgehead atoms. The van der Waals surface area contributed by atoms with Gasteiger partial charge in [0.2, 0.25) is 17.2 Å². The van der Waals surface area contributed by atoms with Gasteiger partial charge < -0.3 is 24.4 Å². The molecule has 6 heteroatoms. The molecule has 0 saturated carbocycles. The Hall–Kier alpha value is -3.15. The first kappa shape index (κ1) is 17.2. The molecule has 2 aromatic carbocycles. The molecule has 0 aliphatic rings. The summed E-state index contributed by atoms with van der Waals surface area (Å²) in [5.74, 6) is -1.89. The molecule has 0 radical (unpaired) electrons. The van der Waals surface area contributed by atoms with Gasteiger partial charge in [-0.25, -0.2) is 0 Å². The van der Waals surface area contributed by atoms with Crippen LogP contribution in [0.4, 0.5) is 0 Å². The molecular weight excluding hydrogens is 312 g/mol. The first-order chi connectivity index (χ1) is 11.5. The van der Waals surface area contributed by atoms with E-state index >= 15 is 0 Å². The standard InChI is InChI=1S/C18H18O6/c1-22-16-13(12(19)10-9-11-7-5-4-6-8-11)14(20)17(23-2)18(24-3)15(16)21/h4-10,20-21H,1-3H3/b10-9-. The number of allylic oxidation sites excluding steroid dienone is 1. The summed E-state index contributed by atoms with van der Waals surface area (Å²) in [6, 6.07) is 9.19. The number of carbonyl (C=O) groups excluding carboxylic acids is 1. The average molecular weight is 330 g/mol. The Morgan fingerprint density at radius 2 is 1.42 bits per heavy atom. The van der Waals surface area contributed by atoms with Crippen molar-refractivity contribution in [1.82, 2.24) is 0 Å². The molecule has 6 nitrogen and oxygen atoms in total. The van der Waals surface area contributed by atoms with Crippen molar-refractivity contribution >= 4 is 11.9 Å². The number of phenolic OH excluding ortho intramolecular Hbond substituents is 2. The number of phenols is 2. The monoisotopic (exact) mass is 330 g/mol. The maximum atomic E-state index is 12.5. The van der Waals surface area contributed by atoms with Crippen molar-refractivity contribution in [2.45, 2.75) is 0 Å². The Labute approximate surface area is 139 Å². The molecule has 0 amide bonds. The largest absolute Gasteiger partial charge is 0.504 e. The second kappa shape index (κ2) is 7.41. The highest BCUT2D eigenvalue weighted by Gasteiger charge is 2.29. The molecule has 0 saturated heterocycles. The normalized spacial score (nSPS) is 10.6. The van der Waals surface area contributed by atoms with Crippen molar-refractivity contribution in [2.24, 2.45) is 0 Å². The highest BCUT2D eigenvalue weighted by Crippen LogP contribution is 2.52. The van der Waals surface area contributed by atoms with Crippen LogP contribution in [-0.4, -0.2) is 37.3 Å². The van der Waals surface area contributed by atoms with Crippen LogP contribution in [0.3, 0.4) is 0 Å². The Bertz CT molecular complexity index is 765. The van der Waals surface area contributed by atoms with E-state index in [1.54, 1.807) is 6.08 Å². The van der Waals surface area contributed by atoms with Crippen LogP contribution in [0, 0.1) is 0 Å². The summed E-state index contributed by atoms with van der Waals surface area (Å²) >= 11 is 0. The molecule has 24 heavy (non-hydrogen) atoms. The van der Waals surface area contributed by atoms with E-state index in [2.05, 4.69) is 0 Å². The van der Waals surface area contributed by atoms with Gasteiger partial charge in [0.05, 0.1) is 21.3 Å². The summed E-state index contributed by atoms with van der Waals surface area (Å²) in [6.45, 7) is 0. The van der Waals surface area contributed by atoms with Crippen molar-refractivity contribution in [1.29, 1.82) is 0 Å². The van der Waals surface area contributed by atoms with Gasteiger partial charge in [0, 0.05) is 0 Å². The van der Waals surface area contributed by atoms with Gasteiger partial charge in [0.15, 0.2) is 17.3 Å². The zero-order chi connectivity index (χ0) is 17.7. The smallest absolute Gasteiger partial charge is 0.211 e. The molecular formula is C18H18O6. The van der Waals surface area contributed by atoms with E-state index in [1.165, 1.54) is 27.4 Å². The highest BCUT2D eigenvalue weighted by atomic mass is 16.5. The number of ketones is 1. The highest BCUT2D eigenvalue weighted by molar-refractivity contribution is 6.12. The third-order valence-electron chi connectivity index (χ3n) is 3.40. The van der Waals surface area contributed by atoms with Gasteiger partial charge in [-0.3, -0.25) is 4.79 Å². The lowest BCUT2D eigenvalue weighted by Gasteiger charge is -2.17. The van der Waals surface area contributed by atoms with Crippen molar-refractivity contribution in [3.05, 3.63) is 47.5 Å². The zero-order valence-electron chi connectivity index (χ0n) is 13.6. The van der Waals surface area contributed by atoms with Crippen LogP contribution >= 0.6 is 0 Å². The van der Waals surface area contributed by atoms with Gasteiger partial charge in [0.1, 0.15) is 5.56 Å². The lowest BCUT2D eigenvalue weighted by Crippen LogP contribution is -2.03. The van der Waals surface area contributed by atoms with E-state index in [1.807, 2.05) is 30.3 Å².